The van der Waals surface area contributed by atoms with Gasteiger partial charge >= 0.3 is 0 Å². The quantitative estimate of drug-likeness (QED) is 0.883. The number of carbonyl (C=O) groups excluding carboxylic acids is 1. The van der Waals surface area contributed by atoms with Crippen LogP contribution in [0, 0.1) is 0 Å². The molecule has 2 aromatic rings. The van der Waals surface area contributed by atoms with Gasteiger partial charge in [-0.25, -0.2) is 5.01 Å². The lowest BCUT2D eigenvalue weighted by Gasteiger charge is -2.12. The topological polar surface area (TPSA) is 76.0 Å². The molecule has 1 N–H and O–H groups in total. The second-order valence-electron chi connectivity index (χ2n) is 4.89. The molecule has 0 radical (unpaired) electrons. The van der Waals surface area contributed by atoms with Crippen molar-refractivity contribution in [2.24, 2.45) is 5.10 Å². The summed E-state index contributed by atoms with van der Waals surface area (Å²) in [6.45, 7) is 0. The molecule has 0 spiro atoms. The van der Waals surface area contributed by atoms with Crippen molar-refractivity contribution in [2.45, 2.75) is 11.3 Å². The third-order valence-electron chi connectivity index (χ3n) is 3.40. The summed E-state index contributed by atoms with van der Waals surface area (Å²) >= 11 is -1.06. The SMILES string of the molecule is C[S+]([O-])c1ccc(N2N=C(c3ccccc3O)CC2=O)cc1. The van der Waals surface area contributed by atoms with Gasteiger partial charge in [0.25, 0.3) is 5.91 Å². The highest BCUT2D eigenvalue weighted by Gasteiger charge is 2.27. The molecule has 2 aromatic carbocycles. The predicted octanol–water partition coefficient (Wildman–Crippen LogP) is 2.27. The van der Waals surface area contributed by atoms with Crippen LogP contribution in [0.15, 0.2) is 58.5 Å². The smallest absolute Gasteiger partial charge is 0.253 e. The number of phenols is 1. The van der Waals surface area contributed by atoms with E-state index in [0.717, 1.165) is 0 Å². The first-order valence-corrected chi connectivity index (χ1v) is 8.24. The van der Waals surface area contributed by atoms with Crippen molar-refractivity contribution in [1.82, 2.24) is 0 Å². The normalized spacial score (nSPS) is 15.8. The zero-order valence-corrected chi connectivity index (χ0v) is 12.7. The highest BCUT2D eigenvalue weighted by atomic mass is 32.2. The number of hydrazone groups is 1. The Hall–Kier alpha value is -2.31. The molecule has 1 unspecified atom stereocenters. The Balaban J connectivity index is 1.91. The van der Waals surface area contributed by atoms with E-state index < -0.39 is 11.2 Å². The second-order valence-corrected chi connectivity index (χ2v) is 6.27. The summed E-state index contributed by atoms with van der Waals surface area (Å²) in [4.78, 5) is 12.9. The van der Waals surface area contributed by atoms with Crippen LogP contribution >= 0.6 is 0 Å². The second kappa shape index (κ2) is 5.82. The summed E-state index contributed by atoms with van der Waals surface area (Å²) in [5, 5.41) is 15.5. The van der Waals surface area contributed by atoms with Gasteiger partial charge in [0, 0.05) is 5.56 Å². The lowest BCUT2D eigenvalue weighted by Crippen LogP contribution is -2.19. The maximum absolute atomic E-state index is 12.2. The third kappa shape index (κ3) is 2.70. The number of aromatic hydroxyl groups is 1. The number of rotatable bonds is 3. The number of benzene rings is 2. The van der Waals surface area contributed by atoms with Crippen LogP contribution in [0.3, 0.4) is 0 Å². The van der Waals surface area contributed by atoms with Gasteiger partial charge in [-0.1, -0.05) is 12.1 Å². The number of hydrogen-bond donors (Lipinski definition) is 1. The van der Waals surface area contributed by atoms with Crippen LogP contribution in [-0.4, -0.2) is 27.5 Å². The molecule has 0 saturated carbocycles. The molecule has 3 rings (SSSR count). The molecule has 112 valence electrons. The fraction of sp³-hybridized carbons (Fsp3) is 0.125. The average Bonchev–Trinajstić information content (AvgIpc) is 2.89. The molecular weight excluding hydrogens is 300 g/mol. The molecule has 0 fully saturated rings. The maximum Gasteiger partial charge on any atom is 0.253 e. The lowest BCUT2D eigenvalue weighted by molar-refractivity contribution is -0.116. The monoisotopic (exact) mass is 314 g/mol. The van der Waals surface area contributed by atoms with E-state index in [0.29, 0.717) is 21.9 Å². The molecule has 1 aliphatic rings. The summed E-state index contributed by atoms with van der Waals surface area (Å²) < 4.78 is 11.4. The van der Waals surface area contributed by atoms with Gasteiger partial charge in [-0.2, -0.15) is 5.10 Å². The first kappa shape index (κ1) is 14.6. The molecule has 1 atom stereocenters. The number of nitrogens with zero attached hydrogens (tertiary/aromatic N) is 2. The van der Waals surface area contributed by atoms with Gasteiger partial charge in [0.2, 0.25) is 0 Å². The van der Waals surface area contributed by atoms with Gasteiger partial charge in [-0.15, -0.1) is 0 Å². The van der Waals surface area contributed by atoms with Crippen LogP contribution in [0.2, 0.25) is 0 Å². The average molecular weight is 314 g/mol. The molecule has 6 heteroatoms. The largest absolute Gasteiger partial charge is 0.612 e. The molecule has 0 aliphatic carbocycles. The highest BCUT2D eigenvalue weighted by molar-refractivity contribution is 7.90. The Morgan fingerprint density at radius 3 is 2.50 bits per heavy atom. The van der Waals surface area contributed by atoms with Crippen LogP contribution in [0.1, 0.15) is 12.0 Å². The van der Waals surface area contributed by atoms with E-state index in [9.17, 15) is 14.5 Å². The van der Waals surface area contributed by atoms with Crippen molar-refractivity contribution in [3.8, 4) is 5.75 Å². The Kier molecular flexibility index (Phi) is 3.87. The number of para-hydroxylation sites is 1. The fourth-order valence-electron chi connectivity index (χ4n) is 2.28. The predicted molar refractivity (Wildman–Crippen MR) is 85.5 cm³/mol. The van der Waals surface area contributed by atoms with Crippen molar-refractivity contribution in [1.29, 1.82) is 0 Å². The fourth-order valence-corrected chi connectivity index (χ4v) is 2.80. The van der Waals surface area contributed by atoms with Gasteiger partial charge in [-0.05, 0) is 47.6 Å². The summed E-state index contributed by atoms with van der Waals surface area (Å²) in [5.41, 5.74) is 1.71. The molecule has 1 amide bonds. The van der Waals surface area contributed by atoms with Crippen LogP contribution in [0.4, 0.5) is 5.69 Å². The summed E-state index contributed by atoms with van der Waals surface area (Å²) in [7, 11) is 0. The molecule has 0 bridgehead atoms. The van der Waals surface area contributed by atoms with Crippen LogP contribution in [0.25, 0.3) is 0 Å². The van der Waals surface area contributed by atoms with Crippen molar-refractivity contribution < 1.29 is 14.5 Å². The van der Waals surface area contributed by atoms with Crippen LogP contribution < -0.4 is 5.01 Å². The van der Waals surface area contributed by atoms with Crippen LogP contribution in [0.5, 0.6) is 5.75 Å². The van der Waals surface area contributed by atoms with Crippen molar-refractivity contribution in [3.63, 3.8) is 0 Å². The van der Waals surface area contributed by atoms with Gasteiger partial charge < -0.3 is 9.66 Å². The summed E-state index contributed by atoms with van der Waals surface area (Å²) in [6.07, 6.45) is 1.74. The van der Waals surface area contributed by atoms with Crippen molar-refractivity contribution in [3.05, 3.63) is 54.1 Å². The van der Waals surface area contributed by atoms with E-state index in [1.807, 2.05) is 0 Å². The third-order valence-corrected chi connectivity index (χ3v) is 4.34. The maximum atomic E-state index is 12.2. The van der Waals surface area contributed by atoms with Crippen LogP contribution in [-0.2, 0) is 16.0 Å². The Bertz CT molecular complexity index is 741. The highest BCUT2D eigenvalue weighted by Crippen LogP contribution is 2.27. The number of phenolic OH excluding ortho intramolecular Hbond substituents is 1. The molecule has 5 nitrogen and oxygen atoms in total. The lowest BCUT2D eigenvalue weighted by atomic mass is 10.1. The minimum absolute atomic E-state index is 0.104. The summed E-state index contributed by atoms with van der Waals surface area (Å²) in [6, 6.07) is 13.7. The van der Waals surface area contributed by atoms with Gasteiger partial charge in [0.1, 0.15) is 12.0 Å². The van der Waals surface area contributed by atoms with E-state index in [2.05, 4.69) is 5.10 Å². The molecule has 0 saturated heterocycles. The van der Waals surface area contributed by atoms with Gasteiger partial charge in [0.15, 0.2) is 4.90 Å². The van der Waals surface area contributed by atoms with Crippen molar-refractivity contribution >= 4 is 28.5 Å². The molecule has 0 aromatic heterocycles. The van der Waals surface area contributed by atoms with E-state index in [-0.39, 0.29) is 18.1 Å². The Morgan fingerprint density at radius 1 is 1.18 bits per heavy atom. The first-order valence-electron chi connectivity index (χ1n) is 6.68. The van der Waals surface area contributed by atoms with Crippen molar-refractivity contribution in [2.75, 3.05) is 11.3 Å². The number of anilines is 1. The Labute approximate surface area is 131 Å². The Morgan fingerprint density at radius 2 is 1.86 bits per heavy atom. The van der Waals surface area contributed by atoms with E-state index in [4.69, 9.17) is 0 Å². The molecule has 1 heterocycles. The number of amides is 1. The zero-order valence-electron chi connectivity index (χ0n) is 11.9. The summed E-state index contributed by atoms with van der Waals surface area (Å²) in [5.74, 6) is -0.0590. The number of hydrogen-bond acceptors (Lipinski definition) is 4. The van der Waals surface area contributed by atoms with E-state index >= 15 is 0 Å². The first-order chi connectivity index (χ1) is 10.6. The molecule has 22 heavy (non-hydrogen) atoms. The zero-order chi connectivity index (χ0) is 15.7. The van der Waals surface area contributed by atoms with Gasteiger partial charge in [0.05, 0.1) is 17.8 Å². The van der Waals surface area contributed by atoms with E-state index in [1.54, 1.807) is 54.8 Å². The molecule has 1 aliphatic heterocycles. The standard InChI is InChI=1S/C16H14N2O3S/c1-22(21)12-8-6-11(7-9-12)18-16(20)10-14(17-18)13-4-2-3-5-15(13)19/h2-9,19H,10H2,1H3. The number of carbonyl (C=O) groups is 1. The van der Waals surface area contributed by atoms with E-state index in [1.165, 1.54) is 5.01 Å². The minimum atomic E-state index is -1.06. The van der Waals surface area contributed by atoms with Gasteiger partial charge in [-0.3, -0.25) is 4.79 Å². The molecular formula is C16H14N2O3S. The minimum Gasteiger partial charge on any atom is -0.612 e.